The minimum absolute atomic E-state index is 0.0570. The summed E-state index contributed by atoms with van der Waals surface area (Å²) >= 11 is 12.0. The Balaban J connectivity index is 1.75. The molecule has 0 aliphatic carbocycles. The van der Waals surface area contributed by atoms with Crippen molar-refractivity contribution >= 4 is 40.7 Å². The second-order valence-electron chi connectivity index (χ2n) is 6.42. The van der Waals surface area contributed by atoms with Gasteiger partial charge in [-0.3, -0.25) is 14.5 Å². The lowest BCUT2D eigenvalue weighted by Crippen LogP contribution is -2.44. The van der Waals surface area contributed by atoms with Gasteiger partial charge in [-0.1, -0.05) is 40.9 Å². The molecule has 0 unspecified atom stereocenters. The number of benzene rings is 2. The monoisotopic (exact) mass is 406 g/mol. The Labute approximate surface area is 168 Å². The van der Waals surface area contributed by atoms with Gasteiger partial charge < -0.3 is 9.64 Å². The Bertz CT molecular complexity index is 840. The number of hydrogen-bond donors (Lipinski definition) is 0. The number of hydrogen-bond acceptors (Lipinski definition) is 3. The SMILES string of the molecule is Cc1ccc(N(CN2CCCC2=O)C(=O)COc2ccc(Cl)cc2Cl)cc1. The van der Waals surface area contributed by atoms with Crippen molar-refractivity contribution in [1.82, 2.24) is 4.90 Å². The molecule has 2 aromatic rings. The Morgan fingerprint density at radius 3 is 2.56 bits per heavy atom. The van der Waals surface area contributed by atoms with Gasteiger partial charge in [-0.25, -0.2) is 0 Å². The van der Waals surface area contributed by atoms with Gasteiger partial charge in [0.05, 0.1) is 5.02 Å². The highest BCUT2D eigenvalue weighted by Gasteiger charge is 2.26. The van der Waals surface area contributed by atoms with E-state index in [4.69, 9.17) is 27.9 Å². The van der Waals surface area contributed by atoms with E-state index in [1.54, 1.807) is 28.0 Å². The van der Waals surface area contributed by atoms with Crippen LogP contribution >= 0.6 is 23.2 Å². The van der Waals surface area contributed by atoms with E-state index in [0.29, 0.717) is 28.8 Å². The minimum Gasteiger partial charge on any atom is -0.482 e. The summed E-state index contributed by atoms with van der Waals surface area (Å²) in [6, 6.07) is 12.4. The lowest BCUT2D eigenvalue weighted by molar-refractivity contribution is -0.128. The summed E-state index contributed by atoms with van der Waals surface area (Å²) in [5.41, 5.74) is 1.81. The zero-order chi connectivity index (χ0) is 19.4. The van der Waals surface area contributed by atoms with Gasteiger partial charge in [-0.2, -0.15) is 0 Å². The molecule has 7 heteroatoms. The number of anilines is 1. The lowest BCUT2D eigenvalue weighted by Gasteiger charge is -2.28. The summed E-state index contributed by atoms with van der Waals surface area (Å²) in [5.74, 6) is 0.182. The molecule has 1 fully saturated rings. The number of rotatable bonds is 6. The highest BCUT2D eigenvalue weighted by Crippen LogP contribution is 2.27. The molecule has 2 amide bonds. The van der Waals surface area contributed by atoms with Gasteiger partial charge in [0.1, 0.15) is 12.4 Å². The van der Waals surface area contributed by atoms with E-state index in [9.17, 15) is 9.59 Å². The predicted octanol–water partition coefficient (Wildman–Crippen LogP) is 4.29. The summed E-state index contributed by atoms with van der Waals surface area (Å²) < 4.78 is 5.59. The first-order valence-corrected chi connectivity index (χ1v) is 9.42. The predicted molar refractivity (Wildman–Crippen MR) is 106 cm³/mol. The van der Waals surface area contributed by atoms with Crippen LogP contribution in [-0.2, 0) is 9.59 Å². The average Bonchev–Trinajstić information content (AvgIpc) is 3.04. The normalized spacial score (nSPS) is 13.7. The standard InChI is InChI=1S/C20H20Cl2N2O3/c1-14-4-7-16(8-5-14)24(13-23-10-2-3-19(23)25)20(26)12-27-18-9-6-15(21)11-17(18)22/h4-9,11H,2-3,10,12-13H2,1H3. The fourth-order valence-electron chi connectivity index (χ4n) is 2.86. The van der Waals surface area contributed by atoms with Gasteiger partial charge in [0.25, 0.3) is 5.91 Å². The van der Waals surface area contributed by atoms with Crippen LogP contribution in [-0.4, -0.2) is 36.5 Å². The number of ether oxygens (including phenoxy) is 1. The van der Waals surface area contributed by atoms with E-state index >= 15 is 0 Å². The van der Waals surface area contributed by atoms with Crippen LogP contribution in [0.2, 0.25) is 10.0 Å². The van der Waals surface area contributed by atoms with E-state index in [1.807, 2.05) is 31.2 Å². The fourth-order valence-corrected chi connectivity index (χ4v) is 3.33. The Morgan fingerprint density at radius 1 is 1.19 bits per heavy atom. The van der Waals surface area contributed by atoms with Crippen LogP contribution in [0, 0.1) is 6.92 Å². The smallest absolute Gasteiger partial charge is 0.266 e. The molecule has 2 aromatic carbocycles. The number of aryl methyl sites for hydroxylation is 1. The molecule has 1 saturated heterocycles. The molecule has 0 aromatic heterocycles. The first kappa shape index (κ1) is 19.5. The molecule has 0 saturated carbocycles. The van der Waals surface area contributed by atoms with Crippen LogP contribution in [0.15, 0.2) is 42.5 Å². The number of nitrogens with zero attached hydrogens (tertiary/aromatic N) is 2. The number of likely N-dealkylation sites (tertiary alicyclic amines) is 1. The second-order valence-corrected chi connectivity index (χ2v) is 7.27. The molecule has 27 heavy (non-hydrogen) atoms. The number of amides is 2. The van der Waals surface area contributed by atoms with E-state index in [-0.39, 0.29) is 25.1 Å². The maximum absolute atomic E-state index is 12.9. The zero-order valence-corrected chi connectivity index (χ0v) is 16.5. The summed E-state index contributed by atoms with van der Waals surface area (Å²) in [4.78, 5) is 28.1. The van der Waals surface area contributed by atoms with Crippen molar-refractivity contribution in [1.29, 1.82) is 0 Å². The molecule has 0 radical (unpaired) electrons. The van der Waals surface area contributed by atoms with Gasteiger partial charge in [-0.15, -0.1) is 0 Å². The summed E-state index contributed by atoms with van der Waals surface area (Å²) in [6.07, 6.45) is 1.33. The third-order valence-electron chi connectivity index (χ3n) is 4.38. The maximum Gasteiger partial charge on any atom is 0.266 e. The van der Waals surface area contributed by atoms with E-state index in [2.05, 4.69) is 0 Å². The van der Waals surface area contributed by atoms with E-state index in [1.165, 1.54) is 0 Å². The van der Waals surface area contributed by atoms with Gasteiger partial charge in [-0.05, 0) is 43.7 Å². The Kier molecular flexibility index (Phi) is 6.24. The molecular weight excluding hydrogens is 387 g/mol. The minimum atomic E-state index is -0.260. The van der Waals surface area contributed by atoms with Crippen molar-refractivity contribution in [2.24, 2.45) is 0 Å². The first-order valence-electron chi connectivity index (χ1n) is 8.67. The lowest BCUT2D eigenvalue weighted by atomic mass is 10.2. The zero-order valence-electron chi connectivity index (χ0n) is 15.0. The van der Waals surface area contributed by atoms with Gasteiger partial charge >= 0.3 is 0 Å². The highest BCUT2D eigenvalue weighted by atomic mass is 35.5. The Morgan fingerprint density at radius 2 is 1.93 bits per heavy atom. The second kappa shape index (κ2) is 8.63. The van der Waals surface area contributed by atoms with E-state index in [0.717, 1.165) is 17.7 Å². The highest BCUT2D eigenvalue weighted by molar-refractivity contribution is 6.35. The number of carbonyl (C=O) groups excluding carboxylic acids is 2. The van der Waals surface area contributed by atoms with Crippen LogP contribution in [0.25, 0.3) is 0 Å². The largest absolute Gasteiger partial charge is 0.482 e. The maximum atomic E-state index is 12.9. The molecule has 5 nitrogen and oxygen atoms in total. The van der Waals surface area contributed by atoms with Gasteiger partial charge in [0, 0.05) is 23.7 Å². The topological polar surface area (TPSA) is 49.9 Å². The fraction of sp³-hybridized carbons (Fsp3) is 0.300. The van der Waals surface area contributed by atoms with Crippen molar-refractivity contribution in [2.75, 3.05) is 24.7 Å². The summed E-state index contributed by atoms with van der Waals surface area (Å²) in [6.45, 7) is 2.64. The van der Waals surface area contributed by atoms with Gasteiger partial charge in [0.2, 0.25) is 5.91 Å². The molecule has 0 N–H and O–H groups in total. The summed E-state index contributed by atoms with van der Waals surface area (Å²) in [7, 11) is 0. The van der Waals surface area contributed by atoms with Crippen molar-refractivity contribution in [3.63, 3.8) is 0 Å². The molecule has 0 spiro atoms. The molecule has 1 heterocycles. The quantitative estimate of drug-likeness (QED) is 0.718. The van der Waals surface area contributed by atoms with Crippen LogP contribution < -0.4 is 9.64 Å². The molecule has 1 aliphatic heterocycles. The van der Waals surface area contributed by atoms with Crippen LogP contribution in [0.5, 0.6) is 5.75 Å². The molecule has 0 bridgehead atoms. The molecule has 142 valence electrons. The van der Waals surface area contributed by atoms with E-state index < -0.39 is 0 Å². The Hall–Kier alpha value is -2.24. The van der Waals surface area contributed by atoms with Crippen LogP contribution in [0.3, 0.4) is 0 Å². The summed E-state index contributed by atoms with van der Waals surface area (Å²) in [5, 5.41) is 0.833. The first-order chi connectivity index (χ1) is 12.9. The van der Waals surface area contributed by atoms with Crippen LogP contribution in [0.1, 0.15) is 18.4 Å². The van der Waals surface area contributed by atoms with Crippen molar-refractivity contribution in [3.05, 3.63) is 58.1 Å². The van der Waals surface area contributed by atoms with Gasteiger partial charge in [0.15, 0.2) is 6.61 Å². The molecule has 3 rings (SSSR count). The molecule has 1 aliphatic rings. The third-order valence-corrected chi connectivity index (χ3v) is 4.91. The molecular formula is C20H20Cl2N2O3. The average molecular weight is 407 g/mol. The molecule has 0 atom stereocenters. The number of halogens is 2. The third kappa shape index (κ3) is 4.93. The van der Waals surface area contributed by atoms with Crippen molar-refractivity contribution in [3.8, 4) is 5.75 Å². The van der Waals surface area contributed by atoms with Crippen LogP contribution in [0.4, 0.5) is 5.69 Å². The number of carbonyl (C=O) groups is 2. The van der Waals surface area contributed by atoms with Crippen molar-refractivity contribution in [2.45, 2.75) is 19.8 Å². The van der Waals surface area contributed by atoms with Crippen molar-refractivity contribution < 1.29 is 14.3 Å².